The largest absolute Gasteiger partial charge is 0.497 e. The van der Waals surface area contributed by atoms with Crippen LogP contribution in [-0.2, 0) is 0 Å². The zero-order valence-electron chi connectivity index (χ0n) is 12.6. The Labute approximate surface area is 125 Å². The number of ether oxygens (including phenoxy) is 1. The Bertz CT molecular complexity index is 606. The number of piperidine rings is 1. The summed E-state index contributed by atoms with van der Waals surface area (Å²) in [6.45, 7) is 2.95. The van der Waals surface area contributed by atoms with Gasteiger partial charge in [-0.15, -0.1) is 0 Å². The molecule has 0 amide bonds. The minimum atomic E-state index is 0.779. The molecule has 1 aromatic heterocycles. The lowest BCUT2D eigenvalue weighted by Gasteiger charge is -2.33. The van der Waals surface area contributed by atoms with E-state index in [9.17, 15) is 0 Å². The molecule has 1 aliphatic rings. The van der Waals surface area contributed by atoms with E-state index in [1.54, 1.807) is 7.11 Å². The minimum Gasteiger partial charge on any atom is -0.497 e. The van der Waals surface area contributed by atoms with Crippen LogP contribution >= 0.6 is 0 Å². The maximum Gasteiger partial charge on any atom is 0.136 e. The summed E-state index contributed by atoms with van der Waals surface area (Å²) in [6, 6.07) is 8.24. The quantitative estimate of drug-likeness (QED) is 0.938. The molecule has 2 aromatic rings. The lowest BCUT2D eigenvalue weighted by molar-refractivity contribution is 0.385. The van der Waals surface area contributed by atoms with Crippen LogP contribution in [0.5, 0.6) is 5.75 Å². The van der Waals surface area contributed by atoms with Crippen molar-refractivity contribution in [1.29, 1.82) is 0 Å². The summed E-state index contributed by atoms with van der Waals surface area (Å²) < 4.78 is 5.30. The maximum absolute atomic E-state index is 5.67. The highest BCUT2D eigenvalue weighted by molar-refractivity contribution is 5.93. The number of fused-ring (bicyclic) bond motifs is 1. The Kier molecular flexibility index (Phi) is 4.25. The molecular formula is C17H23N3O. The Hall–Kier alpha value is -1.81. The van der Waals surface area contributed by atoms with Gasteiger partial charge < -0.3 is 15.4 Å². The number of nitrogens with zero attached hydrogens (tertiary/aromatic N) is 2. The van der Waals surface area contributed by atoms with Crippen molar-refractivity contribution in [3.63, 3.8) is 0 Å². The number of rotatable bonds is 4. The number of methoxy groups -OCH3 is 1. The van der Waals surface area contributed by atoms with Crippen LogP contribution < -0.4 is 15.4 Å². The van der Waals surface area contributed by atoms with Gasteiger partial charge in [-0.2, -0.15) is 0 Å². The molecule has 1 fully saturated rings. The van der Waals surface area contributed by atoms with Crippen molar-refractivity contribution in [3.8, 4) is 5.75 Å². The van der Waals surface area contributed by atoms with Crippen LogP contribution in [0.2, 0.25) is 0 Å². The Morgan fingerprint density at radius 2 is 2.10 bits per heavy atom. The number of nitrogens with two attached hydrogens (primary N) is 1. The summed E-state index contributed by atoms with van der Waals surface area (Å²) in [6.07, 6.45) is 5.47. The van der Waals surface area contributed by atoms with E-state index in [1.165, 1.54) is 23.6 Å². The first-order valence-electron chi connectivity index (χ1n) is 7.69. The van der Waals surface area contributed by atoms with E-state index in [0.717, 1.165) is 43.5 Å². The van der Waals surface area contributed by atoms with Crippen LogP contribution in [0.25, 0.3) is 10.8 Å². The van der Waals surface area contributed by atoms with Gasteiger partial charge in [0.15, 0.2) is 0 Å². The molecule has 0 unspecified atom stereocenters. The fraction of sp³-hybridized carbons (Fsp3) is 0.471. The highest BCUT2D eigenvalue weighted by Crippen LogP contribution is 2.30. The van der Waals surface area contributed by atoms with Crippen molar-refractivity contribution >= 4 is 16.6 Å². The molecule has 21 heavy (non-hydrogen) atoms. The van der Waals surface area contributed by atoms with Gasteiger partial charge in [-0.25, -0.2) is 4.98 Å². The zero-order chi connectivity index (χ0) is 14.7. The molecule has 4 nitrogen and oxygen atoms in total. The van der Waals surface area contributed by atoms with E-state index in [1.807, 2.05) is 18.3 Å². The molecule has 1 aliphatic heterocycles. The smallest absolute Gasteiger partial charge is 0.136 e. The summed E-state index contributed by atoms with van der Waals surface area (Å²) >= 11 is 0. The predicted molar refractivity (Wildman–Crippen MR) is 86.9 cm³/mol. The molecule has 1 saturated heterocycles. The highest BCUT2D eigenvalue weighted by Gasteiger charge is 2.20. The average molecular weight is 285 g/mol. The SMILES string of the molecule is COc1ccc2c(N3CCC(CCN)CC3)nccc2c1. The maximum atomic E-state index is 5.67. The molecule has 0 bridgehead atoms. The Balaban J connectivity index is 1.84. The van der Waals surface area contributed by atoms with Gasteiger partial charge in [-0.1, -0.05) is 0 Å². The summed E-state index contributed by atoms with van der Waals surface area (Å²) in [5.74, 6) is 2.77. The lowest BCUT2D eigenvalue weighted by atomic mass is 9.93. The number of pyridine rings is 1. The minimum absolute atomic E-state index is 0.779. The van der Waals surface area contributed by atoms with Crippen molar-refractivity contribution in [2.45, 2.75) is 19.3 Å². The molecule has 0 aliphatic carbocycles. The fourth-order valence-corrected chi connectivity index (χ4v) is 3.19. The normalized spacial score (nSPS) is 16.4. The van der Waals surface area contributed by atoms with E-state index in [-0.39, 0.29) is 0 Å². The van der Waals surface area contributed by atoms with Gasteiger partial charge in [-0.3, -0.25) is 0 Å². The molecule has 0 radical (unpaired) electrons. The highest BCUT2D eigenvalue weighted by atomic mass is 16.5. The molecule has 3 rings (SSSR count). The molecule has 2 N–H and O–H groups in total. The van der Waals surface area contributed by atoms with E-state index in [0.29, 0.717) is 0 Å². The van der Waals surface area contributed by atoms with Gasteiger partial charge >= 0.3 is 0 Å². The fourth-order valence-electron chi connectivity index (χ4n) is 3.19. The van der Waals surface area contributed by atoms with Gasteiger partial charge in [0, 0.05) is 24.7 Å². The number of aromatic nitrogens is 1. The summed E-state index contributed by atoms with van der Waals surface area (Å²) in [7, 11) is 1.70. The molecule has 4 heteroatoms. The number of anilines is 1. The Morgan fingerprint density at radius 3 is 2.81 bits per heavy atom. The Morgan fingerprint density at radius 1 is 1.29 bits per heavy atom. The van der Waals surface area contributed by atoms with E-state index >= 15 is 0 Å². The monoisotopic (exact) mass is 285 g/mol. The lowest BCUT2D eigenvalue weighted by Crippen LogP contribution is -2.34. The van der Waals surface area contributed by atoms with Crippen LogP contribution in [0.4, 0.5) is 5.82 Å². The number of hydrogen-bond donors (Lipinski definition) is 1. The van der Waals surface area contributed by atoms with Gasteiger partial charge in [0.2, 0.25) is 0 Å². The van der Waals surface area contributed by atoms with E-state index < -0.39 is 0 Å². The van der Waals surface area contributed by atoms with Crippen molar-refractivity contribution in [2.24, 2.45) is 11.7 Å². The molecular weight excluding hydrogens is 262 g/mol. The topological polar surface area (TPSA) is 51.4 Å². The second-order valence-corrected chi connectivity index (χ2v) is 5.73. The van der Waals surface area contributed by atoms with Crippen molar-refractivity contribution in [2.75, 3.05) is 31.6 Å². The number of hydrogen-bond acceptors (Lipinski definition) is 4. The summed E-state index contributed by atoms with van der Waals surface area (Å²) in [5, 5.41) is 2.39. The zero-order valence-corrected chi connectivity index (χ0v) is 12.6. The standard InChI is InChI=1S/C17H23N3O/c1-21-15-2-3-16-14(12-15)5-9-19-17(16)20-10-6-13(4-8-18)7-11-20/h2-3,5,9,12-13H,4,6-8,10-11,18H2,1H3. The third-order valence-corrected chi connectivity index (χ3v) is 4.44. The average Bonchev–Trinajstić information content (AvgIpc) is 2.55. The summed E-state index contributed by atoms with van der Waals surface area (Å²) in [4.78, 5) is 7.02. The molecule has 112 valence electrons. The predicted octanol–water partition coefficient (Wildman–Crippen LogP) is 2.81. The van der Waals surface area contributed by atoms with Crippen molar-refractivity contribution in [3.05, 3.63) is 30.5 Å². The van der Waals surface area contributed by atoms with Crippen molar-refractivity contribution < 1.29 is 4.74 Å². The third kappa shape index (κ3) is 2.95. The molecule has 2 heterocycles. The van der Waals surface area contributed by atoms with Crippen LogP contribution in [0, 0.1) is 5.92 Å². The van der Waals surface area contributed by atoms with Gasteiger partial charge in [-0.05, 0) is 61.4 Å². The third-order valence-electron chi connectivity index (χ3n) is 4.44. The molecule has 0 spiro atoms. The van der Waals surface area contributed by atoms with E-state index in [2.05, 4.69) is 22.0 Å². The second kappa shape index (κ2) is 6.31. The summed E-state index contributed by atoms with van der Waals surface area (Å²) in [5.41, 5.74) is 5.67. The number of benzene rings is 1. The second-order valence-electron chi connectivity index (χ2n) is 5.73. The van der Waals surface area contributed by atoms with Gasteiger partial charge in [0.25, 0.3) is 0 Å². The molecule has 0 saturated carbocycles. The van der Waals surface area contributed by atoms with Gasteiger partial charge in [0.05, 0.1) is 7.11 Å². The first-order chi connectivity index (χ1) is 10.3. The van der Waals surface area contributed by atoms with E-state index in [4.69, 9.17) is 10.5 Å². The first kappa shape index (κ1) is 14.1. The van der Waals surface area contributed by atoms with Crippen LogP contribution in [0.3, 0.4) is 0 Å². The molecule has 0 atom stereocenters. The van der Waals surface area contributed by atoms with Gasteiger partial charge in [0.1, 0.15) is 11.6 Å². The van der Waals surface area contributed by atoms with Crippen molar-refractivity contribution in [1.82, 2.24) is 4.98 Å². The van der Waals surface area contributed by atoms with Crippen LogP contribution in [0.1, 0.15) is 19.3 Å². The van der Waals surface area contributed by atoms with Crippen LogP contribution in [0.15, 0.2) is 30.5 Å². The first-order valence-corrected chi connectivity index (χ1v) is 7.69. The molecule has 1 aromatic carbocycles. The van der Waals surface area contributed by atoms with Crippen LogP contribution in [-0.4, -0.2) is 31.7 Å².